The highest BCUT2D eigenvalue weighted by Crippen LogP contribution is 2.42. The highest BCUT2D eigenvalue weighted by atomic mass is 35.5. The molecule has 0 aromatic carbocycles. The van der Waals surface area contributed by atoms with Crippen LogP contribution >= 0.6 is 11.6 Å². The lowest BCUT2D eigenvalue weighted by molar-refractivity contribution is 0.462. The predicted molar refractivity (Wildman–Crippen MR) is 62.1 cm³/mol. The van der Waals surface area contributed by atoms with Crippen molar-refractivity contribution in [2.24, 2.45) is 5.92 Å². The molecule has 2 rings (SSSR count). The number of hydrogen-bond donors (Lipinski definition) is 1. The number of nitrogens with zero attached hydrogens (tertiary/aromatic N) is 2. The van der Waals surface area contributed by atoms with E-state index in [0.717, 1.165) is 23.9 Å². The zero-order chi connectivity index (χ0) is 10.8. The maximum Gasteiger partial charge on any atom is 0.0834 e. The molecule has 15 heavy (non-hydrogen) atoms. The summed E-state index contributed by atoms with van der Waals surface area (Å²) >= 11 is 6.20. The number of nitrogens with one attached hydrogen (secondary N) is 1. The van der Waals surface area contributed by atoms with Crippen LogP contribution in [0.2, 0.25) is 5.02 Å². The SMILES string of the molecule is CCCn1ncc(Cl)c1C(NC)C1CC1. The molecule has 4 heteroatoms. The summed E-state index contributed by atoms with van der Waals surface area (Å²) < 4.78 is 2.04. The van der Waals surface area contributed by atoms with Gasteiger partial charge in [-0.15, -0.1) is 0 Å². The molecule has 0 radical (unpaired) electrons. The van der Waals surface area contributed by atoms with Gasteiger partial charge in [-0.05, 0) is 32.2 Å². The summed E-state index contributed by atoms with van der Waals surface area (Å²) in [6.07, 6.45) is 5.46. The summed E-state index contributed by atoms with van der Waals surface area (Å²) in [5, 5.41) is 8.49. The number of halogens is 1. The summed E-state index contributed by atoms with van der Waals surface area (Å²) in [7, 11) is 2.00. The Labute approximate surface area is 95.8 Å². The molecule has 84 valence electrons. The average molecular weight is 228 g/mol. The smallest absolute Gasteiger partial charge is 0.0834 e. The van der Waals surface area contributed by atoms with Gasteiger partial charge in [-0.1, -0.05) is 18.5 Å². The standard InChI is InChI=1S/C11H18ClN3/c1-3-6-15-11(9(12)7-14-15)10(13-2)8-4-5-8/h7-8,10,13H,3-6H2,1-2H3. The van der Waals surface area contributed by atoms with Crippen LogP contribution in [0.25, 0.3) is 0 Å². The van der Waals surface area contributed by atoms with Gasteiger partial charge < -0.3 is 5.32 Å². The van der Waals surface area contributed by atoms with Gasteiger partial charge in [-0.2, -0.15) is 5.10 Å². The first-order valence-electron chi connectivity index (χ1n) is 5.66. The van der Waals surface area contributed by atoms with Gasteiger partial charge in [-0.25, -0.2) is 0 Å². The van der Waals surface area contributed by atoms with Crippen LogP contribution < -0.4 is 5.32 Å². The van der Waals surface area contributed by atoms with Crippen molar-refractivity contribution in [3.05, 3.63) is 16.9 Å². The van der Waals surface area contributed by atoms with Gasteiger partial charge in [0, 0.05) is 6.54 Å². The molecule has 1 atom stereocenters. The average Bonchev–Trinajstić information content (AvgIpc) is 2.99. The van der Waals surface area contributed by atoms with Crippen molar-refractivity contribution in [2.75, 3.05) is 7.05 Å². The molecule has 0 amide bonds. The normalized spacial score (nSPS) is 18.1. The number of hydrogen-bond acceptors (Lipinski definition) is 2. The minimum atomic E-state index is 0.381. The van der Waals surface area contributed by atoms with E-state index in [1.165, 1.54) is 18.5 Å². The van der Waals surface area contributed by atoms with Crippen LogP contribution in [0.5, 0.6) is 0 Å². The van der Waals surface area contributed by atoms with Gasteiger partial charge in [0.2, 0.25) is 0 Å². The van der Waals surface area contributed by atoms with Crippen LogP contribution in [-0.2, 0) is 6.54 Å². The molecule has 1 saturated carbocycles. The van der Waals surface area contributed by atoms with E-state index < -0.39 is 0 Å². The van der Waals surface area contributed by atoms with Crippen LogP contribution in [0.3, 0.4) is 0 Å². The molecule has 0 bridgehead atoms. The fourth-order valence-electron chi connectivity index (χ4n) is 2.10. The molecule has 1 aromatic rings. The number of rotatable bonds is 5. The second kappa shape index (κ2) is 4.54. The summed E-state index contributed by atoms with van der Waals surface area (Å²) in [5.41, 5.74) is 1.17. The summed E-state index contributed by atoms with van der Waals surface area (Å²) in [6, 6.07) is 0.381. The molecule has 1 aliphatic rings. The van der Waals surface area contributed by atoms with Crippen molar-refractivity contribution in [1.82, 2.24) is 15.1 Å². The topological polar surface area (TPSA) is 29.9 Å². The lowest BCUT2D eigenvalue weighted by Gasteiger charge is -2.17. The molecule has 0 aliphatic heterocycles. The third kappa shape index (κ3) is 2.18. The molecular weight excluding hydrogens is 210 g/mol. The monoisotopic (exact) mass is 227 g/mol. The predicted octanol–water partition coefficient (Wildman–Crippen LogP) is 2.62. The molecular formula is C11H18ClN3. The van der Waals surface area contributed by atoms with E-state index in [0.29, 0.717) is 6.04 Å². The molecule has 3 nitrogen and oxygen atoms in total. The van der Waals surface area contributed by atoms with E-state index >= 15 is 0 Å². The Morgan fingerprint density at radius 1 is 1.67 bits per heavy atom. The van der Waals surface area contributed by atoms with Crippen molar-refractivity contribution in [1.29, 1.82) is 0 Å². The van der Waals surface area contributed by atoms with E-state index in [1.807, 2.05) is 11.7 Å². The minimum Gasteiger partial charge on any atom is -0.311 e. The highest BCUT2D eigenvalue weighted by molar-refractivity contribution is 6.31. The van der Waals surface area contributed by atoms with Crippen LogP contribution in [0.4, 0.5) is 0 Å². The highest BCUT2D eigenvalue weighted by Gasteiger charge is 2.34. The van der Waals surface area contributed by atoms with E-state index in [-0.39, 0.29) is 0 Å². The molecule has 0 saturated heterocycles. The van der Waals surface area contributed by atoms with E-state index in [9.17, 15) is 0 Å². The Balaban J connectivity index is 2.26. The van der Waals surface area contributed by atoms with Crippen molar-refractivity contribution < 1.29 is 0 Å². The Morgan fingerprint density at radius 2 is 2.40 bits per heavy atom. The summed E-state index contributed by atoms with van der Waals surface area (Å²) in [5.74, 6) is 0.750. The molecule has 1 fully saturated rings. The Hall–Kier alpha value is -0.540. The van der Waals surface area contributed by atoms with Crippen LogP contribution in [0, 0.1) is 5.92 Å². The van der Waals surface area contributed by atoms with E-state index in [4.69, 9.17) is 11.6 Å². The Kier molecular flexibility index (Phi) is 3.32. The summed E-state index contributed by atoms with van der Waals surface area (Å²) in [4.78, 5) is 0. The van der Waals surface area contributed by atoms with E-state index in [2.05, 4.69) is 17.3 Å². The van der Waals surface area contributed by atoms with Gasteiger partial charge in [0.1, 0.15) is 0 Å². The molecule has 1 aliphatic carbocycles. The fraction of sp³-hybridized carbons (Fsp3) is 0.727. The Morgan fingerprint density at radius 3 is 2.93 bits per heavy atom. The lowest BCUT2D eigenvalue weighted by atomic mass is 10.1. The largest absolute Gasteiger partial charge is 0.311 e. The zero-order valence-corrected chi connectivity index (χ0v) is 10.1. The molecule has 0 spiro atoms. The van der Waals surface area contributed by atoms with Gasteiger partial charge in [-0.3, -0.25) is 4.68 Å². The van der Waals surface area contributed by atoms with Gasteiger partial charge >= 0.3 is 0 Å². The first kappa shape index (κ1) is 11.0. The van der Waals surface area contributed by atoms with Crippen molar-refractivity contribution >= 4 is 11.6 Å². The van der Waals surface area contributed by atoms with Crippen molar-refractivity contribution in [3.63, 3.8) is 0 Å². The minimum absolute atomic E-state index is 0.381. The Bertz CT molecular complexity index is 331. The van der Waals surface area contributed by atoms with E-state index in [1.54, 1.807) is 6.20 Å². The zero-order valence-electron chi connectivity index (χ0n) is 9.33. The molecule has 1 N–H and O–H groups in total. The summed E-state index contributed by atoms with van der Waals surface area (Å²) in [6.45, 7) is 3.11. The first-order valence-corrected chi connectivity index (χ1v) is 6.04. The first-order chi connectivity index (χ1) is 7.27. The molecule has 1 unspecified atom stereocenters. The third-order valence-electron chi connectivity index (χ3n) is 2.97. The van der Waals surface area contributed by atoms with Crippen molar-refractivity contribution in [3.8, 4) is 0 Å². The second-order valence-corrected chi connectivity index (χ2v) is 4.61. The lowest BCUT2D eigenvalue weighted by Crippen LogP contribution is -2.22. The third-order valence-corrected chi connectivity index (χ3v) is 3.26. The van der Waals surface area contributed by atoms with Crippen LogP contribution in [-0.4, -0.2) is 16.8 Å². The van der Waals surface area contributed by atoms with Gasteiger partial charge in [0.05, 0.1) is 23.0 Å². The maximum atomic E-state index is 6.20. The number of aromatic nitrogens is 2. The molecule has 1 heterocycles. The number of aryl methyl sites for hydroxylation is 1. The van der Waals surface area contributed by atoms with Crippen molar-refractivity contribution in [2.45, 2.75) is 38.8 Å². The molecule has 1 aromatic heterocycles. The van der Waals surface area contributed by atoms with Crippen LogP contribution in [0.15, 0.2) is 6.20 Å². The second-order valence-electron chi connectivity index (χ2n) is 4.20. The quantitative estimate of drug-likeness (QED) is 0.838. The maximum absolute atomic E-state index is 6.20. The van der Waals surface area contributed by atoms with Gasteiger partial charge in [0.25, 0.3) is 0 Å². The van der Waals surface area contributed by atoms with Gasteiger partial charge in [0.15, 0.2) is 0 Å². The van der Waals surface area contributed by atoms with Crippen LogP contribution in [0.1, 0.15) is 37.9 Å². The fourth-order valence-corrected chi connectivity index (χ4v) is 2.36.